The Labute approximate surface area is 182 Å². The number of halogens is 6. The molecule has 1 aliphatic heterocycles. The monoisotopic (exact) mass is 506 g/mol. The van der Waals surface area contributed by atoms with Crippen molar-refractivity contribution >= 4 is 27.5 Å². The minimum atomic E-state index is -4.46. The van der Waals surface area contributed by atoms with Crippen molar-refractivity contribution in [2.24, 2.45) is 5.73 Å². The van der Waals surface area contributed by atoms with Gasteiger partial charge in [-0.3, -0.25) is 4.79 Å². The molecule has 1 unspecified atom stereocenters. The summed E-state index contributed by atoms with van der Waals surface area (Å²) >= 11 is 3.24. The molecular formula is C20H16BrF5N2O3. The summed E-state index contributed by atoms with van der Waals surface area (Å²) in [6.45, 7) is 1.55. The molecule has 166 valence electrons. The molecule has 0 saturated carbocycles. The van der Waals surface area contributed by atoms with Crippen LogP contribution in [0.2, 0.25) is 0 Å². The van der Waals surface area contributed by atoms with E-state index >= 15 is 0 Å². The lowest BCUT2D eigenvalue weighted by Gasteiger charge is -2.28. The molecule has 11 heteroatoms. The fourth-order valence-electron chi connectivity index (χ4n) is 3.16. The Kier molecular flexibility index (Phi) is 6.17. The number of rotatable bonds is 5. The molecule has 2 aromatic carbocycles. The Balaban J connectivity index is 1.81. The van der Waals surface area contributed by atoms with Crippen molar-refractivity contribution in [1.29, 1.82) is 0 Å². The molecule has 1 heterocycles. The second-order valence-corrected chi connectivity index (χ2v) is 7.46. The number of ether oxygens (including phenoxy) is 2. The number of nitrogens with zero attached hydrogens (tertiary/aromatic N) is 1. The van der Waals surface area contributed by atoms with Gasteiger partial charge in [-0.05, 0) is 47.1 Å². The van der Waals surface area contributed by atoms with E-state index in [1.165, 1.54) is 12.1 Å². The van der Waals surface area contributed by atoms with Crippen LogP contribution in [0.4, 0.5) is 22.0 Å². The summed E-state index contributed by atoms with van der Waals surface area (Å²) in [4.78, 5) is 12.9. The van der Waals surface area contributed by atoms with Crippen molar-refractivity contribution in [3.8, 4) is 5.75 Å². The number of carbonyl (C=O) groups excluding carboxylic acids is 1. The fourth-order valence-corrected chi connectivity index (χ4v) is 3.86. The second-order valence-electron chi connectivity index (χ2n) is 6.74. The first-order valence-corrected chi connectivity index (χ1v) is 9.62. The van der Waals surface area contributed by atoms with Gasteiger partial charge in [0.05, 0.1) is 11.3 Å². The standard InChI is InChI=1S/C20H16BrF5N2O3/c1-9(30-13-8-7-12(22)14(15(13)23)18(27)29)19-28(2)16(17(21)31-19)10-3-5-11(6-4-10)20(24,25)26/h3-9,19H,1-2H3,(H2,27,29)/t9-,19?/m1/s1. The van der Waals surface area contributed by atoms with E-state index in [1.54, 1.807) is 18.9 Å². The SMILES string of the molecule is C[C@@H](Oc1ccc(F)c(C(N)=O)c1F)C1OC(Br)=C(c2ccc(C(F)(F)F)cc2)N1C. The molecule has 0 aromatic heterocycles. The number of likely N-dealkylation sites (N-methyl/N-ethyl adjacent to an activating group) is 1. The second kappa shape index (κ2) is 8.37. The first-order chi connectivity index (χ1) is 14.4. The van der Waals surface area contributed by atoms with E-state index in [0.29, 0.717) is 11.3 Å². The average molecular weight is 507 g/mol. The summed E-state index contributed by atoms with van der Waals surface area (Å²) in [5.74, 6) is -4.04. The maximum atomic E-state index is 14.4. The van der Waals surface area contributed by atoms with Crippen molar-refractivity contribution in [2.75, 3.05) is 7.05 Å². The zero-order valence-electron chi connectivity index (χ0n) is 16.1. The highest BCUT2D eigenvalue weighted by Crippen LogP contribution is 2.39. The smallest absolute Gasteiger partial charge is 0.416 e. The van der Waals surface area contributed by atoms with Crippen molar-refractivity contribution in [3.05, 3.63) is 69.4 Å². The minimum Gasteiger partial charge on any atom is -0.482 e. The van der Waals surface area contributed by atoms with Crippen LogP contribution in [0.25, 0.3) is 5.70 Å². The molecule has 0 spiro atoms. The molecule has 0 radical (unpaired) electrons. The average Bonchev–Trinajstić information content (AvgIpc) is 2.97. The quantitative estimate of drug-likeness (QED) is 0.588. The van der Waals surface area contributed by atoms with Crippen LogP contribution in [-0.4, -0.2) is 30.2 Å². The van der Waals surface area contributed by atoms with E-state index in [1.807, 2.05) is 0 Å². The van der Waals surface area contributed by atoms with E-state index < -0.39 is 52.9 Å². The van der Waals surface area contributed by atoms with E-state index in [-0.39, 0.29) is 4.67 Å². The molecule has 0 fully saturated rings. The molecule has 2 atom stereocenters. The van der Waals surface area contributed by atoms with Crippen molar-refractivity contribution in [2.45, 2.75) is 25.4 Å². The van der Waals surface area contributed by atoms with E-state index in [2.05, 4.69) is 15.9 Å². The highest BCUT2D eigenvalue weighted by molar-refractivity contribution is 9.11. The normalized spacial score (nSPS) is 17.5. The number of nitrogens with two attached hydrogens (primary N) is 1. The first kappa shape index (κ1) is 22.9. The van der Waals surface area contributed by atoms with Gasteiger partial charge in [0, 0.05) is 12.6 Å². The maximum absolute atomic E-state index is 14.4. The van der Waals surface area contributed by atoms with Gasteiger partial charge in [-0.15, -0.1) is 0 Å². The summed E-state index contributed by atoms with van der Waals surface area (Å²) in [5, 5.41) is 0. The zero-order chi connectivity index (χ0) is 23.1. The van der Waals surface area contributed by atoms with Gasteiger partial charge in [-0.1, -0.05) is 12.1 Å². The van der Waals surface area contributed by atoms with Crippen LogP contribution >= 0.6 is 15.9 Å². The van der Waals surface area contributed by atoms with Gasteiger partial charge < -0.3 is 20.1 Å². The Morgan fingerprint density at radius 2 is 1.81 bits per heavy atom. The molecule has 0 bridgehead atoms. The first-order valence-electron chi connectivity index (χ1n) is 8.83. The minimum absolute atomic E-state index is 0.243. The van der Waals surface area contributed by atoms with Gasteiger partial charge in [0.25, 0.3) is 5.91 Å². The number of hydrogen-bond donors (Lipinski definition) is 1. The van der Waals surface area contributed by atoms with Gasteiger partial charge in [-0.25, -0.2) is 8.78 Å². The highest BCUT2D eigenvalue weighted by atomic mass is 79.9. The third-order valence-corrected chi connectivity index (χ3v) is 5.21. The largest absolute Gasteiger partial charge is 0.482 e. The van der Waals surface area contributed by atoms with Gasteiger partial charge in [0.1, 0.15) is 11.4 Å². The van der Waals surface area contributed by atoms with Crippen LogP contribution in [0.5, 0.6) is 5.75 Å². The summed E-state index contributed by atoms with van der Waals surface area (Å²) < 4.78 is 78.0. The third-order valence-electron chi connectivity index (χ3n) is 4.65. The van der Waals surface area contributed by atoms with Crippen LogP contribution in [0.1, 0.15) is 28.4 Å². The number of alkyl halides is 3. The van der Waals surface area contributed by atoms with Crippen LogP contribution in [0.3, 0.4) is 0 Å². The lowest BCUT2D eigenvalue weighted by atomic mass is 10.1. The molecular weight excluding hydrogens is 491 g/mol. The topological polar surface area (TPSA) is 64.8 Å². The van der Waals surface area contributed by atoms with E-state index in [4.69, 9.17) is 15.2 Å². The summed E-state index contributed by atoms with van der Waals surface area (Å²) in [6, 6.07) is 6.36. The molecule has 2 N–H and O–H groups in total. The number of hydrogen-bond acceptors (Lipinski definition) is 4. The van der Waals surface area contributed by atoms with E-state index in [9.17, 15) is 26.7 Å². The van der Waals surface area contributed by atoms with Gasteiger partial charge >= 0.3 is 6.18 Å². The Hall–Kier alpha value is -2.82. The number of amides is 1. The van der Waals surface area contributed by atoms with Crippen LogP contribution in [0.15, 0.2) is 41.1 Å². The highest BCUT2D eigenvalue weighted by Gasteiger charge is 2.37. The number of benzene rings is 2. The lowest BCUT2D eigenvalue weighted by Crippen LogP contribution is -2.39. The summed E-state index contributed by atoms with van der Waals surface area (Å²) in [6.07, 6.45) is -6.12. The Morgan fingerprint density at radius 1 is 1.19 bits per heavy atom. The number of primary amides is 1. The van der Waals surface area contributed by atoms with Crippen molar-refractivity contribution < 1.29 is 36.2 Å². The van der Waals surface area contributed by atoms with E-state index in [0.717, 1.165) is 24.3 Å². The molecule has 5 nitrogen and oxygen atoms in total. The molecule has 0 aliphatic carbocycles. The Bertz CT molecular complexity index is 1040. The van der Waals surface area contributed by atoms with Crippen LogP contribution < -0.4 is 10.5 Å². The van der Waals surface area contributed by atoms with Crippen LogP contribution in [-0.2, 0) is 10.9 Å². The molecule has 1 aliphatic rings. The van der Waals surface area contributed by atoms with Gasteiger partial charge in [-0.2, -0.15) is 13.2 Å². The summed E-state index contributed by atoms with van der Waals surface area (Å²) in [5.41, 5.74) is 4.19. The molecule has 3 rings (SSSR count). The van der Waals surface area contributed by atoms with Crippen molar-refractivity contribution in [3.63, 3.8) is 0 Å². The number of carbonyl (C=O) groups is 1. The zero-order valence-corrected chi connectivity index (χ0v) is 17.7. The molecule has 1 amide bonds. The van der Waals surface area contributed by atoms with Crippen LogP contribution in [0, 0.1) is 11.6 Å². The fraction of sp³-hybridized carbons (Fsp3) is 0.250. The predicted molar refractivity (Wildman–Crippen MR) is 105 cm³/mol. The molecule has 31 heavy (non-hydrogen) atoms. The lowest BCUT2D eigenvalue weighted by molar-refractivity contribution is -0.137. The van der Waals surface area contributed by atoms with Gasteiger partial charge in [0.2, 0.25) is 6.23 Å². The van der Waals surface area contributed by atoms with Gasteiger partial charge in [0.15, 0.2) is 22.3 Å². The predicted octanol–water partition coefficient (Wildman–Crippen LogP) is 4.86. The molecule has 2 aromatic rings. The third kappa shape index (κ3) is 4.46. The summed E-state index contributed by atoms with van der Waals surface area (Å²) in [7, 11) is 1.61. The Morgan fingerprint density at radius 3 is 2.35 bits per heavy atom. The van der Waals surface area contributed by atoms with Crippen molar-refractivity contribution in [1.82, 2.24) is 4.90 Å². The maximum Gasteiger partial charge on any atom is 0.416 e. The molecule has 0 saturated heterocycles.